The standard InChI is InChI=1S/C14H27NS/c1-11-6-5-7-12(10-11)16-14-9-4-2-3-8-13(14)15/h11-14H,2-10,15H2,1H3. The number of nitrogens with two attached hydrogens (primary N) is 1. The maximum atomic E-state index is 6.31. The van der Waals surface area contributed by atoms with Crippen LogP contribution in [0.1, 0.15) is 64.7 Å². The van der Waals surface area contributed by atoms with E-state index < -0.39 is 0 Å². The van der Waals surface area contributed by atoms with Crippen LogP contribution in [0.5, 0.6) is 0 Å². The van der Waals surface area contributed by atoms with E-state index in [0.717, 1.165) is 16.4 Å². The van der Waals surface area contributed by atoms with Crippen molar-refractivity contribution in [3.05, 3.63) is 0 Å². The van der Waals surface area contributed by atoms with Crippen LogP contribution >= 0.6 is 11.8 Å². The molecule has 2 aliphatic rings. The minimum absolute atomic E-state index is 0.477. The second-order valence-corrected chi connectivity index (χ2v) is 7.41. The van der Waals surface area contributed by atoms with Gasteiger partial charge < -0.3 is 5.73 Å². The predicted molar refractivity (Wildman–Crippen MR) is 73.9 cm³/mol. The largest absolute Gasteiger partial charge is 0.327 e. The van der Waals surface area contributed by atoms with Crippen molar-refractivity contribution in [2.24, 2.45) is 11.7 Å². The zero-order valence-electron chi connectivity index (χ0n) is 10.7. The molecule has 0 aromatic heterocycles. The lowest BCUT2D eigenvalue weighted by Crippen LogP contribution is -2.33. The summed E-state index contributed by atoms with van der Waals surface area (Å²) in [4.78, 5) is 0. The summed E-state index contributed by atoms with van der Waals surface area (Å²) in [5.74, 6) is 0.952. The summed E-state index contributed by atoms with van der Waals surface area (Å²) in [7, 11) is 0. The summed E-state index contributed by atoms with van der Waals surface area (Å²) in [5.41, 5.74) is 6.31. The van der Waals surface area contributed by atoms with Gasteiger partial charge >= 0.3 is 0 Å². The third kappa shape index (κ3) is 3.66. The molecule has 94 valence electrons. The molecule has 2 rings (SSSR count). The Labute approximate surface area is 105 Å². The lowest BCUT2D eigenvalue weighted by atomic mass is 9.90. The van der Waals surface area contributed by atoms with Crippen molar-refractivity contribution < 1.29 is 0 Å². The number of rotatable bonds is 2. The fourth-order valence-corrected chi connectivity index (χ4v) is 5.10. The molecule has 16 heavy (non-hydrogen) atoms. The van der Waals surface area contributed by atoms with Crippen LogP contribution in [0.3, 0.4) is 0 Å². The Balaban J connectivity index is 1.82. The minimum Gasteiger partial charge on any atom is -0.327 e. The second-order valence-electron chi connectivity index (χ2n) is 5.87. The quantitative estimate of drug-likeness (QED) is 0.741. The Kier molecular flexibility index (Phi) is 5.02. The Bertz CT molecular complexity index is 207. The first-order valence-electron chi connectivity index (χ1n) is 7.16. The van der Waals surface area contributed by atoms with Gasteiger partial charge in [-0.3, -0.25) is 0 Å². The molecular weight excluding hydrogens is 214 g/mol. The Hall–Kier alpha value is 0.310. The first-order valence-corrected chi connectivity index (χ1v) is 8.11. The maximum absolute atomic E-state index is 6.31. The van der Waals surface area contributed by atoms with E-state index in [9.17, 15) is 0 Å². The van der Waals surface area contributed by atoms with Gasteiger partial charge in [-0.25, -0.2) is 0 Å². The van der Waals surface area contributed by atoms with Gasteiger partial charge in [0.15, 0.2) is 0 Å². The van der Waals surface area contributed by atoms with Crippen molar-refractivity contribution in [3.63, 3.8) is 0 Å². The van der Waals surface area contributed by atoms with Crippen molar-refractivity contribution in [1.82, 2.24) is 0 Å². The third-order valence-corrected chi connectivity index (χ3v) is 6.01. The molecule has 2 saturated carbocycles. The highest BCUT2D eigenvalue weighted by Crippen LogP contribution is 2.37. The summed E-state index contributed by atoms with van der Waals surface area (Å²) in [6.07, 6.45) is 12.6. The average molecular weight is 241 g/mol. The van der Waals surface area contributed by atoms with E-state index in [1.165, 1.54) is 57.8 Å². The molecule has 0 bridgehead atoms. The molecule has 0 radical (unpaired) electrons. The fourth-order valence-electron chi connectivity index (χ4n) is 3.22. The maximum Gasteiger partial charge on any atom is 0.0201 e. The molecular formula is C14H27NS. The van der Waals surface area contributed by atoms with Crippen molar-refractivity contribution in [3.8, 4) is 0 Å². The molecule has 2 N–H and O–H groups in total. The first kappa shape index (κ1) is 12.8. The van der Waals surface area contributed by atoms with Gasteiger partial charge in [0.2, 0.25) is 0 Å². The molecule has 0 amide bonds. The van der Waals surface area contributed by atoms with E-state index in [1.54, 1.807) is 0 Å². The van der Waals surface area contributed by atoms with Gasteiger partial charge in [-0.1, -0.05) is 39.0 Å². The molecule has 2 aliphatic carbocycles. The summed E-state index contributed by atoms with van der Waals surface area (Å²) >= 11 is 2.24. The molecule has 4 unspecified atom stereocenters. The molecule has 0 aromatic carbocycles. The molecule has 4 atom stereocenters. The molecule has 2 heteroatoms. The van der Waals surface area contributed by atoms with Crippen LogP contribution < -0.4 is 5.73 Å². The van der Waals surface area contributed by atoms with E-state index in [2.05, 4.69) is 18.7 Å². The molecule has 0 aliphatic heterocycles. The van der Waals surface area contributed by atoms with Crippen LogP contribution in [0.2, 0.25) is 0 Å². The van der Waals surface area contributed by atoms with Crippen LogP contribution in [-0.4, -0.2) is 16.5 Å². The summed E-state index contributed by atoms with van der Waals surface area (Å²) in [6, 6.07) is 0.477. The van der Waals surface area contributed by atoms with Crippen LogP contribution in [0.4, 0.5) is 0 Å². The second kappa shape index (κ2) is 6.30. The van der Waals surface area contributed by atoms with E-state index >= 15 is 0 Å². The highest BCUT2D eigenvalue weighted by atomic mass is 32.2. The zero-order valence-corrected chi connectivity index (χ0v) is 11.5. The summed E-state index contributed by atoms with van der Waals surface area (Å²) in [5, 5.41) is 1.68. The monoisotopic (exact) mass is 241 g/mol. The van der Waals surface area contributed by atoms with Gasteiger partial charge in [0.25, 0.3) is 0 Å². The molecule has 0 saturated heterocycles. The van der Waals surface area contributed by atoms with Gasteiger partial charge in [0.05, 0.1) is 0 Å². The fraction of sp³-hybridized carbons (Fsp3) is 1.00. The van der Waals surface area contributed by atoms with Crippen LogP contribution in [0.25, 0.3) is 0 Å². The van der Waals surface area contributed by atoms with E-state index in [4.69, 9.17) is 5.73 Å². The van der Waals surface area contributed by atoms with Gasteiger partial charge in [-0.2, -0.15) is 11.8 Å². The third-order valence-electron chi connectivity index (χ3n) is 4.26. The van der Waals surface area contributed by atoms with Gasteiger partial charge in [0, 0.05) is 16.5 Å². The van der Waals surface area contributed by atoms with Gasteiger partial charge in [-0.05, 0) is 31.6 Å². The molecule has 0 heterocycles. The van der Waals surface area contributed by atoms with Crippen LogP contribution in [0.15, 0.2) is 0 Å². The van der Waals surface area contributed by atoms with Crippen molar-refractivity contribution in [2.45, 2.75) is 81.3 Å². The molecule has 0 aromatic rings. The predicted octanol–water partition coefficient (Wildman–Crippen LogP) is 3.96. The van der Waals surface area contributed by atoms with E-state index in [-0.39, 0.29) is 0 Å². The van der Waals surface area contributed by atoms with Crippen molar-refractivity contribution in [1.29, 1.82) is 0 Å². The first-order chi connectivity index (χ1) is 7.75. The topological polar surface area (TPSA) is 26.0 Å². The normalized spacial score (nSPS) is 41.6. The van der Waals surface area contributed by atoms with Gasteiger partial charge in [0.1, 0.15) is 0 Å². The average Bonchev–Trinajstić information content (AvgIpc) is 2.45. The lowest BCUT2D eigenvalue weighted by Gasteiger charge is -2.31. The molecule has 0 spiro atoms. The Morgan fingerprint density at radius 1 is 0.938 bits per heavy atom. The number of thioether (sulfide) groups is 1. The molecule has 1 nitrogen and oxygen atoms in total. The Morgan fingerprint density at radius 3 is 2.56 bits per heavy atom. The summed E-state index contributed by atoms with van der Waals surface area (Å²) < 4.78 is 0. The SMILES string of the molecule is CC1CCCC(SC2CCCCCC2N)C1. The lowest BCUT2D eigenvalue weighted by molar-refractivity contribution is 0.392. The van der Waals surface area contributed by atoms with Crippen LogP contribution in [0, 0.1) is 5.92 Å². The Morgan fingerprint density at radius 2 is 1.75 bits per heavy atom. The highest BCUT2D eigenvalue weighted by molar-refractivity contribution is 8.00. The summed E-state index contributed by atoms with van der Waals surface area (Å²) in [6.45, 7) is 2.42. The smallest absolute Gasteiger partial charge is 0.0201 e. The van der Waals surface area contributed by atoms with Crippen LogP contribution in [-0.2, 0) is 0 Å². The van der Waals surface area contributed by atoms with E-state index in [1.807, 2.05) is 0 Å². The van der Waals surface area contributed by atoms with Crippen molar-refractivity contribution in [2.75, 3.05) is 0 Å². The van der Waals surface area contributed by atoms with Crippen molar-refractivity contribution >= 4 is 11.8 Å². The number of hydrogen-bond acceptors (Lipinski definition) is 2. The highest BCUT2D eigenvalue weighted by Gasteiger charge is 2.26. The van der Waals surface area contributed by atoms with Gasteiger partial charge in [-0.15, -0.1) is 0 Å². The molecule has 2 fully saturated rings. The minimum atomic E-state index is 0.477. The zero-order chi connectivity index (χ0) is 11.4. The van der Waals surface area contributed by atoms with E-state index in [0.29, 0.717) is 6.04 Å². The number of hydrogen-bond donors (Lipinski definition) is 1.